The van der Waals surface area contributed by atoms with Gasteiger partial charge in [-0.25, -0.2) is 0 Å². The molecule has 0 radical (unpaired) electrons. The molecule has 0 aromatic heterocycles. The summed E-state index contributed by atoms with van der Waals surface area (Å²) in [7, 11) is 0. The highest BCUT2D eigenvalue weighted by Crippen LogP contribution is 2.11. The second kappa shape index (κ2) is 6.19. The molecule has 1 atom stereocenters. The van der Waals surface area contributed by atoms with Gasteiger partial charge in [0.1, 0.15) is 6.10 Å². The molecule has 1 fully saturated rings. The molecule has 3 heteroatoms. The van der Waals surface area contributed by atoms with E-state index in [-0.39, 0.29) is 12.1 Å². The smallest absolute Gasteiger partial charge is 0.306 e. The van der Waals surface area contributed by atoms with Crippen LogP contribution in [0.15, 0.2) is 30.3 Å². The molecule has 15 heavy (non-hydrogen) atoms. The summed E-state index contributed by atoms with van der Waals surface area (Å²) >= 11 is 0. The number of ether oxygens (including phenoxy) is 1. The molecule has 1 heterocycles. The lowest BCUT2D eigenvalue weighted by atomic mass is 10.2. The lowest BCUT2D eigenvalue weighted by Crippen LogP contribution is -2.18. The van der Waals surface area contributed by atoms with Crippen LogP contribution in [0.1, 0.15) is 18.4 Å². The third kappa shape index (κ3) is 4.61. The summed E-state index contributed by atoms with van der Waals surface area (Å²) in [5, 5.41) is 0. The Hall–Kier alpha value is -1.35. The molecule has 0 aliphatic carbocycles. The fourth-order valence-electron chi connectivity index (χ4n) is 1.28. The van der Waals surface area contributed by atoms with Crippen LogP contribution >= 0.6 is 0 Å². The van der Waals surface area contributed by atoms with Crippen LogP contribution in [0.5, 0.6) is 0 Å². The number of rotatable bonds is 1. The monoisotopic (exact) mass is 207 g/mol. The van der Waals surface area contributed by atoms with Crippen LogP contribution in [0.3, 0.4) is 0 Å². The molecular weight excluding hydrogens is 190 g/mol. The first-order valence-electron chi connectivity index (χ1n) is 5.13. The zero-order valence-electron chi connectivity index (χ0n) is 8.98. The van der Waals surface area contributed by atoms with Crippen molar-refractivity contribution in [3.05, 3.63) is 35.9 Å². The number of benzene rings is 1. The molecule has 2 N–H and O–H groups in total. The Bertz CT molecular complexity index is 298. The minimum Gasteiger partial charge on any atom is -0.461 e. The van der Waals surface area contributed by atoms with Gasteiger partial charge in [0.15, 0.2) is 0 Å². The van der Waals surface area contributed by atoms with E-state index in [4.69, 9.17) is 10.5 Å². The highest BCUT2D eigenvalue weighted by Gasteiger charge is 2.20. The van der Waals surface area contributed by atoms with E-state index in [2.05, 4.69) is 19.1 Å². The molecule has 1 aliphatic rings. The van der Waals surface area contributed by atoms with Gasteiger partial charge in [0.25, 0.3) is 0 Å². The zero-order chi connectivity index (χ0) is 11.1. The van der Waals surface area contributed by atoms with Crippen molar-refractivity contribution in [2.45, 2.75) is 25.9 Å². The maximum atomic E-state index is 10.3. The van der Waals surface area contributed by atoms with Gasteiger partial charge in [-0.1, -0.05) is 35.9 Å². The summed E-state index contributed by atoms with van der Waals surface area (Å²) in [6.07, 6.45) is 1.35. The van der Waals surface area contributed by atoms with Crippen molar-refractivity contribution in [3.8, 4) is 0 Å². The zero-order valence-corrected chi connectivity index (χ0v) is 8.98. The Kier molecular flexibility index (Phi) is 4.84. The van der Waals surface area contributed by atoms with Crippen molar-refractivity contribution in [3.63, 3.8) is 0 Å². The van der Waals surface area contributed by atoms with E-state index >= 15 is 0 Å². The quantitative estimate of drug-likeness (QED) is 0.712. The van der Waals surface area contributed by atoms with Crippen molar-refractivity contribution in [2.75, 3.05) is 6.54 Å². The molecule has 1 aliphatic heterocycles. The van der Waals surface area contributed by atoms with Crippen LogP contribution < -0.4 is 5.73 Å². The van der Waals surface area contributed by atoms with E-state index < -0.39 is 0 Å². The van der Waals surface area contributed by atoms with Crippen molar-refractivity contribution < 1.29 is 9.53 Å². The molecule has 3 nitrogen and oxygen atoms in total. The third-order valence-electron chi connectivity index (χ3n) is 2.17. The number of carbonyl (C=O) groups excluding carboxylic acids is 1. The second-order valence-corrected chi connectivity index (χ2v) is 3.54. The van der Waals surface area contributed by atoms with Crippen LogP contribution in [0.2, 0.25) is 0 Å². The van der Waals surface area contributed by atoms with Crippen LogP contribution in [0, 0.1) is 6.92 Å². The molecule has 1 unspecified atom stereocenters. The van der Waals surface area contributed by atoms with Gasteiger partial charge in [-0.05, 0) is 13.3 Å². The van der Waals surface area contributed by atoms with Crippen molar-refractivity contribution in [2.24, 2.45) is 5.73 Å². The first kappa shape index (κ1) is 11.7. The summed E-state index contributed by atoms with van der Waals surface area (Å²) in [5.74, 6) is -0.111. The molecule has 1 aromatic rings. The van der Waals surface area contributed by atoms with Gasteiger partial charge < -0.3 is 10.5 Å². The van der Waals surface area contributed by atoms with E-state index in [9.17, 15) is 4.79 Å². The maximum Gasteiger partial charge on any atom is 0.306 e. The maximum absolute atomic E-state index is 10.3. The van der Waals surface area contributed by atoms with Crippen LogP contribution in [0.4, 0.5) is 0 Å². The van der Waals surface area contributed by atoms with E-state index in [0.717, 1.165) is 6.42 Å². The summed E-state index contributed by atoms with van der Waals surface area (Å²) in [5.41, 5.74) is 6.54. The first-order chi connectivity index (χ1) is 7.22. The van der Waals surface area contributed by atoms with Crippen molar-refractivity contribution in [1.82, 2.24) is 0 Å². The molecule has 0 amide bonds. The van der Waals surface area contributed by atoms with Gasteiger partial charge in [0.2, 0.25) is 0 Å². The first-order valence-corrected chi connectivity index (χ1v) is 5.13. The SMILES string of the molecule is Cc1ccccc1.NCC1CCC(=O)O1. The van der Waals surface area contributed by atoms with E-state index in [1.807, 2.05) is 18.2 Å². The number of nitrogens with two attached hydrogens (primary N) is 1. The number of esters is 1. The lowest BCUT2D eigenvalue weighted by Gasteiger charge is -2.01. The summed E-state index contributed by atoms with van der Waals surface area (Å²) in [4.78, 5) is 10.3. The van der Waals surface area contributed by atoms with Gasteiger partial charge in [0.05, 0.1) is 0 Å². The molecule has 0 saturated carbocycles. The minimum atomic E-state index is -0.111. The van der Waals surface area contributed by atoms with Crippen LogP contribution in [0.25, 0.3) is 0 Å². The number of carbonyl (C=O) groups is 1. The largest absolute Gasteiger partial charge is 0.461 e. The van der Waals surface area contributed by atoms with Crippen LogP contribution in [-0.4, -0.2) is 18.6 Å². The number of hydrogen-bond acceptors (Lipinski definition) is 3. The van der Waals surface area contributed by atoms with Gasteiger partial charge in [-0.3, -0.25) is 4.79 Å². The minimum absolute atomic E-state index is 0.00231. The van der Waals surface area contributed by atoms with Gasteiger partial charge in [0, 0.05) is 13.0 Å². The third-order valence-corrected chi connectivity index (χ3v) is 2.17. The fourth-order valence-corrected chi connectivity index (χ4v) is 1.28. The van der Waals surface area contributed by atoms with E-state index in [0.29, 0.717) is 13.0 Å². The standard InChI is InChI=1S/C7H8.C5H9NO2/c1-7-5-3-2-4-6-7;6-3-4-1-2-5(7)8-4/h2-6H,1H3;4H,1-3,6H2. The fraction of sp³-hybridized carbons (Fsp3) is 0.417. The lowest BCUT2D eigenvalue weighted by molar-refractivity contribution is -0.141. The molecule has 0 bridgehead atoms. The van der Waals surface area contributed by atoms with Crippen molar-refractivity contribution in [1.29, 1.82) is 0 Å². The molecule has 1 aromatic carbocycles. The summed E-state index contributed by atoms with van der Waals surface area (Å²) in [6, 6.07) is 10.3. The summed E-state index contributed by atoms with van der Waals surface area (Å²) < 4.78 is 4.75. The second-order valence-electron chi connectivity index (χ2n) is 3.54. The Morgan fingerprint density at radius 1 is 1.40 bits per heavy atom. The summed E-state index contributed by atoms with van der Waals surface area (Å²) in [6.45, 7) is 2.55. The Balaban J connectivity index is 0.000000151. The van der Waals surface area contributed by atoms with Crippen LogP contribution in [-0.2, 0) is 9.53 Å². The average molecular weight is 207 g/mol. The van der Waals surface area contributed by atoms with E-state index in [1.165, 1.54) is 5.56 Å². The number of aryl methyl sites for hydroxylation is 1. The normalized spacial score (nSPS) is 19.1. The molecule has 82 valence electrons. The Labute approximate surface area is 90.2 Å². The molecule has 1 saturated heterocycles. The highest BCUT2D eigenvalue weighted by atomic mass is 16.5. The molecule has 2 rings (SSSR count). The predicted octanol–water partition coefficient (Wildman–Crippen LogP) is 1.65. The molecule has 0 spiro atoms. The number of hydrogen-bond donors (Lipinski definition) is 1. The van der Waals surface area contributed by atoms with Gasteiger partial charge >= 0.3 is 5.97 Å². The predicted molar refractivity (Wildman–Crippen MR) is 59.3 cm³/mol. The van der Waals surface area contributed by atoms with Gasteiger partial charge in [-0.15, -0.1) is 0 Å². The Morgan fingerprint density at radius 2 is 2.07 bits per heavy atom. The topological polar surface area (TPSA) is 52.3 Å². The average Bonchev–Trinajstić information content (AvgIpc) is 2.66. The number of cyclic esters (lactones) is 1. The highest BCUT2D eigenvalue weighted by molar-refractivity contribution is 5.71. The molecular formula is C12H17NO2. The van der Waals surface area contributed by atoms with Gasteiger partial charge in [-0.2, -0.15) is 0 Å². The Morgan fingerprint density at radius 3 is 2.33 bits per heavy atom. The van der Waals surface area contributed by atoms with Crippen molar-refractivity contribution >= 4 is 5.97 Å². The van der Waals surface area contributed by atoms with E-state index in [1.54, 1.807) is 0 Å².